The number of likely N-dealkylation sites (tertiary alicyclic amines) is 2. The first kappa shape index (κ1) is 18.7. The molecule has 5 heteroatoms. The third-order valence-electron chi connectivity index (χ3n) is 5.65. The fourth-order valence-corrected chi connectivity index (χ4v) is 4.39. The zero-order valence-corrected chi connectivity index (χ0v) is 17.3. The third kappa shape index (κ3) is 4.18. The predicted molar refractivity (Wildman–Crippen MR) is 108 cm³/mol. The minimum absolute atomic E-state index is 0.0917. The molecule has 3 rings (SSSR count). The van der Waals surface area contributed by atoms with Crippen LogP contribution in [0, 0.1) is 22.3 Å². The van der Waals surface area contributed by atoms with Gasteiger partial charge in [-0.05, 0) is 72.7 Å². The van der Waals surface area contributed by atoms with E-state index in [0.29, 0.717) is 19.0 Å². The van der Waals surface area contributed by atoms with Crippen molar-refractivity contribution in [3.8, 4) is 0 Å². The van der Waals surface area contributed by atoms with Gasteiger partial charge in [0.05, 0.1) is 5.56 Å². The van der Waals surface area contributed by atoms with Crippen molar-refractivity contribution in [1.82, 2.24) is 9.80 Å². The first-order chi connectivity index (χ1) is 12.0. The highest BCUT2D eigenvalue weighted by Gasteiger charge is 2.32. The van der Waals surface area contributed by atoms with E-state index in [1.54, 1.807) is 0 Å². The molecule has 2 amide bonds. The molecular weight excluding hydrogens is 427 g/mol. The summed E-state index contributed by atoms with van der Waals surface area (Å²) >= 11 is 2.25. The SMILES string of the molecule is Cc1cccc(C(=O)N2CCC(C(=O)N3CCC(C)CC3)CC2)c1I. The molecule has 0 aromatic heterocycles. The van der Waals surface area contributed by atoms with E-state index in [1.165, 1.54) is 0 Å². The zero-order chi connectivity index (χ0) is 18.0. The molecule has 2 saturated heterocycles. The minimum Gasteiger partial charge on any atom is -0.342 e. The van der Waals surface area contributed by atoms with Crippen LogP contribution in [-0.2, 0) is 4.79 Å². The maximum Gasteiger partial charge on any atom is 0.254 e. The Morgan fingerprint density at radius 2 is 1.60 bits per heavy atom. The largest absolute Gasteiger partial charge is 0.342 e. The van der Waals surface area contributed by atoms with E-state index in [1.807, 2.05) is 34.9 Å². The summed E-state index contributed by atoms with van der Waals surface area (Å²) in [7, 11) is 0. The van der Waals surface area contributed by atoms with Crippen LogP contribution in [0.1, 0.15) is 48.5 Å². The van der Waals surface area contributed by atoms with Gasteiger partial charge in [0.25, 0.3) is 5.91 Å². The van der Waals surface area contributed by atoms with Crippen LogP contribution >= 0.6 is 22.6 Å². The second-order valence-electron chi connectivity index (χ2n) is 7.51. The lowest BCUT2D eigenvalue weighted by molar-refractivity contribution is -0.138. The van der Waals surface area contributed by atoms with Gasteiger partial charge in [0.1, 0.15) is 0 Å². The van der Waals surface area contributed by atoms with Gasteiger partial charge < -0.3 is 9.80 Å². The molecule has 136 valence electrons. The van der Waals surface area contributed by atoms with Crippen LogP contribution in [0.15, 0.2) is 18.2 Å². The fourth-order valence-electron chi connectivity index (χ4n) is 3.80. The lowest BCUT2D eigenvalue weighted by Crippen LogP contribution is -2.46. The Morgan fingerprint density at radius 3 is 2.24 bits per heavy atom. The van der Waals surface area contributed by atoms with Crippen molar-refractivity contribution in [2.24, 2.45) is 11.8 Å². The predicted octanol–water partition coefficient (Wildman–Crippen LogP) is 3.71. The summed E-state index contributed by atoms with van der Waals surface area (Å²) < 4.78 is 1.03. The number of piperidine rings is 2. The molecule has 0 radical (unpaired) electrons. The molecule has 25 heavy (non-hydrogen) atoms. The summed E-state index contributed by atoms with van der Waals surface area (Å²) in [5, 5.41) is 0. The number of benzene rings is 1. The quantitative estimate of drug-likeness (QED) is 0.640. The van der Waals surface area contributed by atoms with E-state index < -0.39 is 0 Å². The lowest BCUT2D eigenvalue weighted by atomic mass is 9.92. The van der Waals surface area contributed by atoms with Gasteiger partial charge in [-0.2, -0.15) is 0 Å². The molecule has 0 aliphatic carbocycles. The van der Waals surface area contributed by atoms with Crippen molar-refractivity contribution in [3.63, 3.8) is 0 Å². The molecular formula is C20H27IN2O2. The van der Waals surface area contributed by atoms with Crippen molar-refractivity contribution < 1.29 is 9.59 Å². The second kappa shape index (κ2) is 8.06. The minimum atomic E-state index is 0.0917. The molecule has 0 unspecified atom stereocenters. The highest BCUT2D eigenvalue weighted by atomic mass is 127. The van der Waals surface area contributed by atoms with Gasteiger partial charge in [-0.15, -0.1) is 0 Å². The Morgan fingerprint density at radius 1 is 1.00 bits per heavy atom. The summed E-state index contributed by atoms with van der Waals surface area (Å²) in [6, 6.07) is 5.88. The molecule has 1 aromatic rings. The number of rotatable bonds is 2. The van der Waals surface area contributed by atoms with Gasteiger partial charge in [-0.1, -0.05) is 19.1 Å². The van der Waals surface area contributed by atoms with Crippen LogP contribution in [0.5, 0.6) is 0 Å². The van der Waals surface area contributed by atoms with Crippen molar-refractivity contribution >= 4 is 34.4 Å². The number of nitrogens with zero attached hydrogens (tertiary/aromatic N) is 2. The average molecular weight is 454 g/mol. The topological polar surface area (TPSA) is 40.6 Å². The van der Waals surface area contributed by atoms with Gasteiger partial charge in [0.2, 0.25) is 5.91 Å². The van der Waals surface area contributed by atoms with E-state index in [0.717, 1.165) is 59.4 Å². The molecule has 0 spiro atoms. The number of hydrogen-bond acceptors (Lipinski definition) is 2. The van der Waals surface area contributed by atoms with Gasteiger partial charge in [0.15, 0.2) is 0 Å². The molecule has 0 saturated carbocycles. The van der Waals surface area contributed by atoms with Crippen molar-refractivity contribution in [3.05, 3.63) is 32.9 Å². The number of carbonyl (C=O) groups is 2. The zero-order valence-electron chi connectivity index (χ0n) is 15.1. The number of halogens is 1. The van der Waals surface area contributed by atoms with Crippen molar-refractivity contribution in [1.29, 1.82) is 0 Å². The van der Waals surface area contributed by atoms with Gasteiger partial charge in [0, 0.05) is 35.7 Å². The van der Waals surface area contributed by atoms with Crippen LogP contribution in [0.25, 0.3) is 0 Å². The van der Waals surface area contributed by atoms with E-state index in [2.05, 4.69) is 29.5 Å². The van der Waals surface area contributed by atoms with Crippen LogP contribution in [-0.4, -0.2) is 47.8 Å². The number of hydrogen-bond donors (Lipinski definition) is 0. The molecule has 0 atom stereocenters. The van der Waals surface area contributed by atoms with Crippen LogP contribution < -0.4 is 0 Å². The van der Waals surface area contributed by atoms with Crippen molar-refractivity contribution in [2.75, 3.05) is 26.2 Å². The average Bonchev–Trinajstić information content (AvgIpc) is 2.64. The van der Waals surface area contributed by atoms with E-state index in [9.17, 15) is 9.59 Å². The van der Waals surface area contributed by atoms with Crippen LogP contribution in [0.4, 0.5) is 0 Å². The molecule has 0 N–H and O–H groups in total. The molecule has 1 aromatic carbocycles. The Kier molecular flexibility index (Phi) is 6.02. The van der Waals surface area contributed by atoms with Gasteiger partial charge in [-0.25, -0.2) is 0 Å². The Hall–Kier alpha value is -1.11. The smallest absolute Gasteiger partial charge is 0.254 e. The molecule has 2 heterocycles. The molecule has 2 fully saturated rings. The Bertz CT molecular complexity index is 645. The third-order valence-corrected chi connectivity index (χ3v) is 7.08. The fraction of sp³-hybridized carbons (Fsp3) is 0.600. The van der Waals surface area contributed by atoms with E-state index in [4.69, 9.17) is 0 Å². The normalized spacial score (nSPS) is 20.0. The number of amides is 2. The maximum absolute atomic E-state index is 12.8. The van der Waals surface area contributed by atoms with E-state index >= 15 is 0 Å². The highest BCUT2D eigenvalue weighted by molar-refractivity contribution is 14.1. The number of aryl methyl sites for hydroxylation is 1. The summed E-state index contributed by atoms with van der Waals surface area (Å²) in [6.45, 7) is 7.47. The first-order valence-electron chi connectivity index (χ1n) is 9.30. The number of carbonyl (C=O) groups excluding carboxylic acids is 2. The van der Waals surface area contributed by atoms with Crippen LogP contribution in [0.3, 0.4) is 0 Å². The highest BCUT2D eigenvalue weighted by Crippen LogP contribution is 2.25. The molecule has 0 bridgehead atoms. The standard InChI is InChI=1S/C20H27IN2O2/c1-14-6-10-22(11-7-14)19(24)16-8-12-23(13-9-16)20(25)17-5-3-4-15(2)18(17)21/h3-5,14,16H,6-13H2,1-2H3. The summed E-state index contributed by atoms with van der Waals surface area (Å²) in [4.78, 5) is 29.5. The van der Waals surface area contributed by atoms with Gasteiger partial charge in [-0.3, -0.25) is 9.59 Å². The van der Waals surface area contributed by atoms with Crippen LogP contribution in [0.2, 0.25) is 0 Å². The maximum atomic E-state index is 12.8. The molecule has 2 aliphatic heterocycles. The second-order valence-corrected chi connectivity index (χ2v) is 8.59. The summed E-state index contributed by atoms with van der Waals surface area (Å²) in [6.07, 6.45) is 3.82. The summed E-state index contributed by atoms with van der Waals surface area (Å²) in [5.41, 5.74) is 1.92. The van der Waals surface area contributed by atoms with E-state index in [-0.39, 0.29) is 11.8 Å². The first-order valence-corrected chi connectivity index (χ1v) is 10.4. The molecule has 2 aliphatic rings. The molecule has 4 nitrogen and oxygen atoms in total. The van der Waals surface area contributed by atoms with Gasteiger partial charge >= 0.3 is 0 Å². The van der Waals surface area contributed by atoms with Crippen molar-refractivity contribution in [2.45, 2.75) is 39.5 Å². The Balaban J connectivity index is 1.57. The Labute approximate surface area is 164 Å². The lowest BCUT2D eigenvalue weighted by Gasteiger charge is -2.37. The monoisotopic (exact) mass is 454 g/mol. The summed E-state index contributed by atoms with van der Waals surface area (Å²) in [5.74, 6) is 1.24.